The highest BCUT2D eigenvalue weighted by Crippen LogP contribution is 2.12. The molecule has 5 nitrogen and oxygen atoms in total. The van der Waals surface area contributed by atoms with Gasteiger partial charge in [0, 0.05) is 32.0 Å². The molecule has 5 heteroatoms. The summed E-state index contributed by atoms with van der Waals surface area (Å²) in [6.45, 7) is 4.38. The molecular formula is C14H27N3O2. The summed E-state index contributed by atoms with van der Waals surface area (Å²) >= 11 is 0. The summed E-state index contributed by atoms with van der Waals surface area (Å²) in [6.07, 6.45) is 4.87. The van der Waals surface area contributed by atoms with E-state index in [2.05, 4.69) is 10.6 Å². The van der Waals surface area contributed by atoms with Gasteiger partial charge in [0.15, 0.2) is 0 Å². The minimum atomic E-state index is 0.108. The van der Waals surface area contributed by atoms with Gasteiger partial charge >= 0.3 is 0 Å². The maximum Gasteiger partial charge on any atom is 0.222 e. The van der Waals surface area contributed by atoms with Gasteiger partial charge in [-0.1, -0.05) is 6.92 Å². The highest BCUT2D eigenvalue weighted by atomic mass is 16.2. The van der Waals surface area contributed by atoms with Gasteiger partial charge in [0.25, 0.3) is 0 Å². The standard InChI is InChI=1S/C14H27N3O2/c1-3-6-13(18)16-12-7-5-10-17(11-12)14(19)8-4-9-15-2/h12,15H,3-11H2,1-2H3,(H,16,18). The first-order valence-electron chi connectivity index (χ1n) is 7.39. The lowest BCUT2D eigenvalue weighted by Crippen LogP contribution is -2.49. The quantitative estimate of drug-likeness (QED) is 0.675. The van der Waals surface area contributed by atoms with Crippen LogP contribution in [0.5, 0.6) is 0 Å². The molecule has 0 spiro atoms. The van der Waals surface area contributed by atoms with Crippen LogP contribution >= 0.6 is 0 Å². The zero-order valence-electron chi connectivity index (χ0n) is 12.2. The third-order valence-electron chi connectivity index (χ3n) is 3.43. The summed E-state index contributed by atoms with van der Waals surface area (Å²) in [5.41, 5.74) is 0. The van der Waals surface area contributed by atoms with Crippen LogP contribution in [0.2, 0.25) is 0 Å². The zero-order valence-corrected chi connectivity index (χ0v) is 12.2. The number of hydrogen-bond donors (Lipinski definition) is 2. The van der Waals surface area contributed by atoms with Crippen LogP contribution in [0.15, 0.2) is 0 Å². The van der Waals surface area contributed by atoms with Gasteiger partial charge in [0.2, 0.25) is 11.8 Å². The molecule has 0 aromatic carbocycles. The number of amides is 2. The van der Waals surface area contributed by atoms with E-state index in [1.54, 1.807) is 0 Å². The van der Waals surface area contributed by atoms with Gasteiger partial charge in [-0.3, -0.25) is 9.59 Å². The monoisotopic (exact) mass is 269 g/mol. The number of carbonyl (C=O) groups is 2. The molecule has 1 heterocycles. The van der Waals surface area contributed by atoms with Gasteiger partial charge in [0.1, 0.15) is 0 Å². The SMILES string of the molecule is CCCC(=O)NC1CCCN(C(=O)CCCNC)C1. The lowest BCUT2D eigenvalue weighted by atomic mass is 10.0. The number of likely N-dealkylation sites (tertiary alicyclic amines) is 1. The largest absolute Gasteiger partial charge is 0.352 e. The van der Waals surface area contributed by atoms with Crippen LogP contribution < -0.4 is 10.6 Å². The van der Waals surface area contributed by atoms with E-state index >= 15 is 0 Å². The van der Waals surface area contributed by atoms with E-state index in [9.17, 15) is 9.59 Å². The van der Waals surface area contributed by atoms with Crippen LogP contribution in [-0.4, -0.2) is 49.4 Å². The number of carbonyl (C=O) groups excluding carboxylic acids is 2. The molecule has 1 rings (SSSR count). The van der Waals surface area contributed by atoms with Gasteiger partial charge in [-0.2, -0.15) is 0 Å². The van der Waals surface area contributed by atoms with Crippen LogP contribution in [0, 0.1) is 0 Å². The summed E-state index contributed by atoms with van der Waals surface area (Å²) in [5, 5.41) is 6.07. The summed E-state index contributed by atoms with van der Waals surface area (Å²) in [4.78, 5) is 25.5. The Hall–Kier alpha value is -1.10. The lowest BCUT2D eigenvalue weighted by Gasteiger charge is -2.33. The smallest absolute Gasteiger partial charge is 0.222 e. The van der Waals surface area contributed by atoms with Gasteiger partial charge in [0.05, 0.1) is 0 Å². The first kappa shape index (κ1) is 16.0. The fourth-order valence-corrected chi connectivity index (χ4v) is 2.42. The molecule has 0 bridgehead atoms. The van der Waals surface area contributed by atoms with E-state index in [1.807, 2.05) is 18.9 Å². The normalized spacial score (nSPS) is 19.3. The molecule has 0 radical (unpaired) electrons. The van der Waals surface area contributed by atoms with Crippen molar-refractivity contribution in [2.24, 2.45) is 0 Å². The number of rotatable bonds is 7. The third kappa shape index (κ3) is 6.05. The summed E-state index contributed by atoms with van der Waals surface area (Å²) in [6, 6.07) is 0.140. The topological polar surface area (TPSA) is 61.4 Å². The van der Waals surface area contributed by atoms with E-state index in [1.165, 1.54) is 0 Å². The van der Waals surface area contributed by atoms with Crippen molar-refractivity contribution in [2.45, 2.75) is 51.5 Å². The Morgan fingerprint density at radius 2 is 2.11 bits per heavy atom. The average Bonchev–Trinajstić information content (AvgIpc) is 2.39. The second-order valence-corrected chi connectivity index (χ2v) is 5.20. The van der Waals surface area contributed by atoms with Crippen molar-refractivity contribution in [1.29, 1.82) is 0 Å². The average molecular weight is 269 g/mol. The van der Waals surface area contributed by atoms with Crippen LogP contribution in [0.4, 0.5) is 0 Å². The van der Waals surface area contributed by atoms with Crippen LogP contribution in [0.1, 0.15) is 45.4 Å². The molecule has 0 aromatic rings. The molecule has 19 heavy (non-hydrogen) atoms. The maximum absolute atomic E-state index is 12.0. The third-order valence-corrected chi connectivity index (χ3v) is 3.43. The summed E-state index contributed by atoms with van der Waals surface area (Å²) in [5.74, 6) is 0.321. The van der Waals surface area contributed by atoms with Crippen molar-refractivity contribution in [2.75, 3.05) is 26.7 Å². The highest BCUT2D eigenvalue weighted by molar-refractivity contribution is 5.77. The second kappa shape index (κ2) is 8.91. The first-order chi connectivity index (χ1) is 9.17. The molecule has 1 fully saturated rings. The number of nitrogens with zero attached hydrogens (tertiary/aromatic N) is 1. The Kier molecular flexibility index (Phi) is 7.48. The van der Waals surface area contributed by atoms with Gasteiger partial charge in [-0.25, -0.2) is 0 Å². The Balaban J connectivity index is 2.32. The van der Waals surface area contributed by atoms with Crippen LogP contribution in [0.3, 0.4) is 0 Å². The maximum atomic E-state index is 12.0. The van der Waals surface area contributed by atoms with Crippen molar-refractivity contribution in [3.05, 3.63) is 0 Å². The molecule has 1 aliphatic heterocycles. The van der Waals surface area contributed by atoms with Crippen molar-refractivity contribution in [3.63, 3.8) is 0 Å². The number of piperidine rings is 1. The van der Waals surface area contributed by atoms with Crippen molar-refractivity contribution < 1.29 is 9.59 Å². The minimum Gasteiger partial charge on any atom is -0.352 e. The van der Waals surface area contributed by atoms with E-state index in [0.717, 1.165) is 38.8 Å². The molecule has 1 aliphatic rings. The van der Waals surface area contributed by atoms with Crippen molar-refractivity contribution >= 4 is 11.8 Å². The molecule has 0 saturated carbocycles. The predicted octanol–water partition coefficient (Wildman–Crippen LogP) is 0.893. The molecule has 110 valence electrons. The van der Waals surface area contributed by atoms with Crippen molar-refractivity contribution in [3.8, 4) is 0 Å². The molecule has 0 aliphatic carbocycles. The predicted molar refractivity (Wildman–Crippen MR) is 75.8 cm³/mol. The highest BCUT2D eigenvalue weighted by Gasteiger charge is 2.23. The molecule has 2 N–H and O–H groups in total. The van der Waals surface area contributed by atoms with Gasteiger partial charge < -0.3 is 15.5 Å². The van der Waals surface area contributed by atoms with E-state index in [-0.39, 0.29) is 17.9 Å². The van der Waals surface area contributed by atoms with Gasteiger partial charge in [-0.15, -0.1) is 0 Å². The second-order valence-electron chi connectivity index (χ2n) is 5.20. The fraction of sp³-hybridized carbons (Fsp3) is 0.857. The van der Waals surface area contributed by atoms with E-state index in [0.29, 0.717) is 19.4 Å². The summed E-state index contributed by atoms with van der Waals surface area (Å²) < 4.78 is 0. The Morgan fingerprint density at radius 1 is 1.32 bits per heavy atom. The Morgan fingerprint density at radius 3 is 2.79 bits per heavy atom. The lowest BCUT2D eigenvalue weighted by molar-refractivity contribution is -0.133. The number of hydrogen-bond acceptors (Lipinski definition) is 3. The van der Waals surface area contributed by atoms with E-state index in [4.69, 9.17) is 0 Å². The Labute approximate surface area is 116 Å². The minimum absolute atomic E-state index is 0.108. The molecule has 2 amide bonds. The molecular weight excluding hydrogens is 242 g/mol. The van der Waals surface area contributed by atoms with Gasteiger partial charge in [-0.05, 0) is 39.3 Å². The molecule has 1 saturated heterocycles. The van der Waals surface area contributed by atoms with Crippen LogP contribution in [-0.2, 0) is 9.59 Å². The Bertz CT molecular complexity index is 294. The molecule has 0 aromatic heterocycles. The number of nitrogens with one attached hydrogen (secondary N) is 2. The first-order valence-corrected chi connectivity index (χ1v) is 7.39. The molecule has 1 atom stereocenters. The summed E-state index contributed by atoms with van der Waals surface area (Å²) in [7, 11) is 1.89. The fourth-order valence-electron chi connectivity index (χ4n) is 2.42. The van der Waals surface area contributed by atoms with Crippen molar-refractivity contribution in [1.82, 2.24) is 15.5 Å². The van der Waals surface area contributed by atoms with Crippen LogP contribution in [0.25, 0.3) is 0 Å². The van der Waals surface area contributed by atoms with E-state index < -0.39 is 0 Å². The zero-order chi connectivity index (χ0) is 14.1. The molecule has 1 unspecified atom stereocenters.